The number of nitrogens with one attached hydrogen (secondary N) is 1. The lowest BCUT2D eigenvalue weighted by Gasteiger charge is -2.26. The highest BCUT2D eigenvalue weighted by Gasteiger charge is 2.28. The van der Waals surface area contributed by atoms with Crippen molar-refractivity contribution in [2.75, 3.05) is 40.9 Å². The van der Waals surface area contributed by atoms with Crippen LogP contribution in [-0.2, 0) is 18.4 Å². The molecule has 0 saturated heterocycles. The van der Waals surface area contributed by atoms with Gasteiger partial charge in [0.2, 0.25) is 5.91 Å². The first kappa shape index (κ1) is 76.5. The molecule has 1 amide bonds. The van der Waals surface area contributed by atoms with Crippen LogP contribution in [0.15, 0.2) is 0 Å². The molecule has 0 radical (unpaired) electrons. The molecule has 0 bridgehead atoms. The smallest absolute Gasteiger partial charge is 0.391 e. The molecule has 0 heterocycles. The Bertz CT molecular complexity index is 1220. The highest BCUT2D eigenvalue weighted by atomic mass is 31.2. The number of phosphoric acid groups is 1. The van der Waals surface area contributed by atoms with E-state index in [0.29, 0.717) is 23.9 Å². The highest BCUT2D eigenvalue weighted by molar-refractivity contribution is 7.47. The van der Waals surface area contributed by atoms with Crippen LogP contribution in [0.2, 0.25) is 0 Å². The topological polar surface area (TPSA) is 105 Å². The number of hydrogen-bond acceptors (Lipinski definition) is 5. The fourth-order valence-corrected chi connectivity index (χ4v) is 11.9. The maximum atomic E-state index is 13.0. The number of hydrogen-bond donors (Lipinski definition) is 3. The zero-order valence-corrected chi connectivity index (χ0v) is 53.9. The van der Waals surface area contributed by atoms with Crippen molar-refractivity contribution in [3.63, 3.8) is 0 Å². The summed E-state index contributed by atoms with van der Waals surface area (Å²) in [6, 6.07) is -0.756. The quantitative estimate of drug-likeness (QED) is 0.0318. The van der Waals surface area contributed by atoms with Crippen molar-refractivity contribution >= 4 is 13.7 Å². The molecule has 0 rings (SSSR count). The molecule has 0 aromatic heterocycles. The summed E-state index contributed by atoms with van der Waals surface area (Å²) in [7, 11) is 1.64. The van der Waals surface area contributed by atoms with Gasteiger partial charge in [0.1, 0.15) is 13.2 Å². The fraction of sp³-hybridized carbons (Fsp3) is 0.985. The van der Waals surface area contributed by atoms with Crippen molar-refractivity contribution in [3.8, 4) is 0 Å². The minimum Gasteiger partial charge on any atom is -0.391 e. The Kier molecular flexibility index (Phi) is 59.7. The van der Waals surface area contributed by atoms with Crippen molar-refractivity contribution in [1.82, 2.24) is 5.32 Å². The predicted octanol–water partition coefficient (Wildman–Crippen LogP) is 21.9. The molecule has 3 atom stereocenters. The molecule has 0 aliphatic heterocycles. The third kappa shape index (κ3) is 62.9. The van der Waals surface area contributed by atoms with Crippen LogP contribution >= 0.6 is 7.82 Å². The molecule has 8 nitrogen and oxygen atoms in total. The molecule has 77 heavy (non-hydrogen) atoms. The summed E-state index contributed by atoms with van der Waals surface area (Å²) in [6.07, 6.45) is 75.1. The predicted molar refractivity (Wildman–Crippen MR) is 337 cm³/mol. The normalized spacial score (nSPS) is 13.6. The summed E-state index contributed by atoms with van der Waals surface area (Å²) in [6.45, 7) is 4.96. The Morgan fingerprint density at radius 2 is 0.623 bits per heavy atom. The Morgan fingerprint density at radius 1 is 0.390 bits per heavy atom. The van der Waals surface area contributed by atoms with E-state index in [9.17, 15) is 19.4 Å². The van der Waals surface area contributed by atoms with Gasteiger partial charge in [-0.1, -0.05) is 361 Å². The van der Waals surface area contributed by atoms with Gasteiger partial charge < -0.3 is 19.8 Å². The molecule has 0 aliphatic carbocycles. The Balaban J connectivity index is 3.85. The maximum absolute atomic E-state index is 13.0. The number of carbonyl (C=O) groups is 1. The van der Waals surface area contributed by atoms with Gasteiger partial charge >= 0.3 is 7.82 Å². The van der Waals surface area contributed by atoms with E-state index < -0.39 is 20.0 Å². The van der Waals surface area contributed by atoms with Gasteiger partial charge in [0, 0.05) is 6.42 Å². The monoisotopic (exact) mass is 1110 g/mol. The van der Waals surface area contributed by atoms with Crippen molar-refractivity contribution in [3.05, 3.63) is 0 Å². The van der Waals surface area contributed by atoms with E-state index in [1.807, 2.05) is 21.1 Å². The molecule has 3 unspecified atom stereocenters. The van der Waals surface area contributed by atoms with E-state index >= 15 is 0 Å². The number of carbonyl (C=O) groups excluding carboxylic acids is 1. The highest BCUT2D eigenvalue weighted by Crippen LogP contribution is 2.43. The standard InChI is InChI=1S/C68H139N2O6P/c1-6-8-10-12-14-16-18-20-22-24-25-26-27-28-29-30-31-32-33-34-35-36-37-38-39-40-41-42-43-44-46-48-50-52-54-56-58-60-62-68(72)69-66(65-76-77(73,74)75-64-63-70(3,4)5)67(71)61-59-57-55-53-51-49-47-45-23-21-19-17-15-13-11-9-7-2/h66-67,71H,6-65H2,1-5H3,(H-,69,72,73,74)/p+1. The van der Waals surface area contributed by atoms with E-state index in [1.54, 1.807) is 0 Å². The summed E-state index contributed by atoms with van der Waals surface area (Å²) in [5.41, 5.74) is 0. The van der Waals surface area contributed by atoms with Gasteiger partial charge in [0.25, 0.3) is 0 Å². The Morgan fingerprint density at radius 3 is 0.870 bits per heavy atom. The molecule has 0 aliphatic rings. The first-order chi connectivity index (χ1) is 37.5. The van der Waals surface area contributed by atoms with Crippen LogP contribution in [0.25, 0.3) is 0 Å². The Hall–Kier alpha value is -0.500. The second-order valence-corrected chi connectivity index (χ2v) is 27.1. The van der Waals surface area contributed by atoms with Crippen molar-refractivity contribution < 1.29 is 32.9 Å². The minimum absolute atomic E-state index is 0.0793. The maximum Gasteiger partial charge on any atom is 0.472 e. The molecule has 9 heteroatoms. The van der Waals surface area contributed by atoms with E-state index in [4.69, 9.17) is 9.05 Å². The number of phosphoric ester groups is 1. The average molecular weight is 1110 g/mol. The molecule has 0 spiro atoms. The van der Waals surface area contributed by atoms with Gasteiger partial charge in [-0.15, -0.1) is 0 Å². The van der Waals surface area contributed by atoms with Crippen LogP contribution in [0.3, 0.4) is 0 Å². The molecule has 3 N–H and O–H groups in total. The number of likely N-dealkylation sites (N-methyl/N-ethyl adjacent to an activating group) is 1. The third-order valence-electron chi connectivity index (χ3n) is 16.6. The summed E-state index contributed by atoms with van der Waals surface area (Å²) in [5.74, 6) is -0.134. The van der Waals surface area contributed by atoms with Crippen LogP contribution in [-0.4, -0.2) is 73.4 Å². The fourth-order valence-electron chi connectivity index (χ4n) is 11.2. The van der Waals surface area contributed by atoms with E-state index in [2.05, 4.69) is 19.2 Å². The SMILES string of the molecule is CCCCCCCCCCCCCCCCCCCCCCCCCCCCCCCCCCCCCCCCC(=O)NC(COP(=O)(O)OCC[N+](C)(C)C)C(O)CCCCCCCCCCCCCCCCCCC. The number of aliphatic hydroxyl groups is 1. The van der Waals surface area contributed by atoms with Gasteiger partial charge in [-0.2, -0.15) is 0 Å². The van der Waals surface area contributed by atoms with E-state index in [-0.39, 0.29) is 19.1 Å². The number of rotatable bonds is 66. The van der Waals surface area contributed by atoms with Gasteiger partial charge in [-0.05, 0) is 12.8 Å². The summed E-state index contributed by atoms with van der Waals surface area (Å²) in [5, 5.41) is 14.1. The van der Waals surface area contributed by atoms with Crippen molar-refractivity contribution in [2.45, 2.75) is 392 Å². The van der Waals surface area contributed by atoms with Crippen LogP contribution < -0.4 is 5.32 Å². The van der Waals surface area contributed by atoms with Crippen LogP contribution in [0.5, 0.6) is 0 Å². The lowest BCUT2D eigenvalue weighted by Crippen LogP contribution is -2.46. The van der Waals surface area contributed by atoms with Crippen molar-refractivity contribution in [1.29, 1.82) is 0 Å². The molecule has 462 valence electrons. The Labute approximate surface area is 482 Å². The summed E-state index contributed by atoms with van der Waals surface area (Å²) in [4.78, 5) is 23.4. The molecule has 0 saturated carbocycles. The molecule has 0 aromatic carbocycles. The van der Waals surface area contributed by atoms with E-state index in [1.165, 1.54) is 315 Å². The number of quaternary nitrogens is 1. The number of amides is 1. The first-order valence-corrected chi connectivity index (χ1v) is 36.4. The molecular weight excluding hydrogens is 972 g/mol. The van der Waals surface area contributed by atoms with Gasteiger partial charge in [-0.3, -0.25) is 13.8 Å². The summed E-state index contributed by atoms with van der Waals surface area (Å²) >= 11 is 0. The van der Waals surface area contributed by atoms with Gasteiger partial charge in [0.05, 0.1) is 39.9 Å². The second kappa shape index (κ2) is 60.1. The zero-order valence-electron chi connectivity index (χ0n) is 53.0. The first-order valence-electron chi connectivity index (χ1n) is 34.9. The summed E-state index contributed by atoms with van der Waals surface area (Å²) < 4.78 is 23.8. The number of aliphatic hydroxyl groups excluding tert-OH is 1. The molecule has 0 fully saturated rings. The lowest BCUT2D eigenvalue weighted by atomic mass is 10.0. The number of unbranched alkanes of at least 4 members (excludes halogenated alkanes) is 53. The largest absolute Gasteiger partial charge is 0.472 e. The lowest BCUT2D eigenvalue weighted by molar-refractivity contribution is -0.870. The zero-order chi connectivity index (χ0) is 56.3. The van der Waals surface area contributed by atoms with Crippen LogP contribution in [0, 0.1) is 0 Å². The minimum atomic E-state index is -4.32. The van der Waals surface area contributed by atoms with Gasteiger partial charge in [0.15, 0.2) is 0 Å². The molecule has 0 aromatic rings. The molecular formula is C68H140N2O6P+. The average Bonchev–Trinajstić information content (AvgIpc) is 3.39. The van der Waals surface area contributed by atoms with E-state index in [0.717, 1.165) is 38.5 Å². The van der Waals surface area contributed by atoms with Crippen LogP contribution in [0.1, 0.15) is 380 Å². The number of nitrogens with zero attached hydrogens (tertiary/aromatic N) is 1. The van der Waals surface area contributed by atoms with Crippen LogP contribution in [0.4, 0.5) is 0 Å². The third-order valence-corrected chi connectivity index (χ3v) is 17.6. The van der Waals surface area contributed by atoms with Crippen molar-refractivity contribution in [2.24, 2.45) is 0 Å². The van der Waals surface area contributed by atoms with Gasteiger partial charge in [-0.25, -0.2) is 4.57 Å². The second-order valence-electron chi connectivity index (χ2n) is 25.6.